The summed E-state index contributed by atoms with van der Waals surface area (Å²) in [6, 6.07) is 19.4. The molecule has 0 spiro atoms. The van der Waals surface area contributed by atoms with Crippen LogP contribution in [-0.2, 0) is 10.0 Å². The first-order valence-corrected chi connectivity index (χ1v) is 10.9. The summed E-state index contributed by atoms with van der Waals surface area (Å²) in [4.78, 5) is 12.7. The van der Waals surface area contributed by atoms with Crippen LogP contribution in [0.15, 0.2) is 77.7 Å². The highest BCUT2D eigenvalue weighted by Gasteiger charge is 2.18. The molecule has 0 aliphatic heterocycles. The lowest BCUT2D eigenvalue weighted by atomic mass is 10.1. The molecule has 3 aromatic carbocycles. The van der Waals surface area contributed by atoms with Gasteiger partial charge < -0.3 is 5.32 Å². The summed E-state index contributed by atoms with van der Waals surface area (Å²) in [5, 5.41) is 3.52. The molecule has 0 aliphatic rings. The number of hydrogen-bond acceptors (Lipinski definition) is 3. The molecule has 0 radical (unpaired) electrons. The number of benzene rings is 3. The van der Waals surface area contributed by atoms with Crippen LogP contribution in [0.1, 0.15) is 28.9 Å². The van der Waals surface area contributed by atoms with Gasteiger partial charge in [0.2, 0.25) is 0 Å². The summed E-state index contributed by atoms with van der Waals surface area (Å²) >= 11 is 12.0. The molecule has 0 aliphatic carbocycles. The maximum atomic E-state index is 12.7. The Hall–Kier alpha value is -2.54. The molecule has 1 atom stereocenters. The van der Waals surface area contributed by atoms with Crippen LogP contribution in [0.3, 0.4) is 0 Å². The van der Waals surface area contributed by atoms with E-state index in [9.17, 15) is 13.2 Å². The van der Waals surface area contributed by atoms with E-state index < -0.39 is 15.9 Å². The molecular formula is C21H18Cl2N2O3S. The predicted molar refractivity (Wildman–Crippen MR) is 116 cm³/mol. The van der Waals surface area contributed by atoms with Gasteiger partial charge in [-0.3, -0.25) is 9.52 Å². The van der Waals surface area contributed by atoms with Gasteiger partial charge in [-0.25, -0.2) is 8.42 Å². The van der Waals surface area contributed by atoms with E-state index >= 15 is 0 Å². The molecule has 0 unspecified atom stereocenters. The number of sulfonamides is 1. The molecule has 0 bridgehead atoms. The Morgan fingerprint density at radius 2 is 1.59 bits per heavy atom. The molecule has 150 valence electrons. The topological polar surface area (TPSA) is 75.3 Å². The predicted octanol–water partition coefficient (Wildman–Crippen LogP) is 5.29. The van der Waals surface area contributed by atoms with Crippen LogP contribution in [0.4, 0.5) is 5.69 Å². The zero-order valence-corrected chi connectivity index (χ0v) is 17.7. The Bertz CT molecular complexity index is 1120. The SMILES string of the molecule is C[C@@H](NC(=O)c1cc(NS(=O)(=O)c2ccc(Cl)cc2)ccc1Cl)c1ccccc1. The summed E-state index contributed by atoms with van der Waals surface area (Å²) in [5.41, 5.74) is 1.34. The van der Waals surface area contributed by atoms with E-state index in [0.29, 0.717) is 5.02 Å². The maximum Gasteiger partial charge on any atom is 0.261 e. The second-order valence-electron chi connectivity index (χ2n) is 6.36. The normalized spacial score (nSPS) is 12.2. The first-order chi connectivity index (χ1) is 13.8. The van der Waals surface area contributed by atoms with E-state index in [0.717, 1.165) is 5.56 Å². The molecule has 5 nitrogen and oxygen atoms in total. The van der Waals surface area contributed by atoms with Crippen molar-refractivity contribution >= 4 is 44.8 Å². The van der Waals surface area contributed by atoms with Gasteiger partial charge in [0.15, 0.2) is 0 Å². The van der Waals surface area contributed by atoms with Crippen molar-refractivity contribution in [1.29, 1.82) is 0 Å². The quantitative estimate of drug-likeness (QED) is 0.537. The average molecular weight is 449 g/mol. The van der Waals surface area contributed by atoms with Gasteiger partial charge in [0.1, 0.15) is 0 Å². The van der Waals surface area contributed by atoms with Crippen LogP contribution < -0.4 is 10.0 Å². The van der Waals surface area contributed by atoms with Gasteiger partial charge in [-0.2, -0.15) is 0 Å². The van der Waals surface area contributed by atoms with E-state index in [1.165, 1.54) is 42.5 Å². The van der Waals surface area contributed by atoms with E-state index in [1.54, 1.807) is 0 Å². The fraction of sp³-hybridized carbons (Fsp3) is 0.0952. The van der Waals surface area contributed by atoms with Crippen molar-refractivity contribution in [3.63, 3.8) is 0 Å². The first-order valence-electron chi connectivity index (χ1n) is 8.70. The van der Waals surface area contributed by atoms with Gasteiger partial charge in [-0.05, 0) is 55.0 Å². The van der Waals surface area contributed by atoms with Gasteiger partial charge in [0, 0.05) is 10.7 Å². The van der Waals surface area contributed by atoms with Crippen LogP contribution in [0, 0.1) is 0 Å². The zero-order chi connectivity index (χ0) is 21.0. The fourth-order valence-electron chi connectivity index (χ4n) is 2.69. The number of nitrogens with one attached hydrogen (secondary N) is 2. The third kappa shape index (κ3) is 5.29. The number of amides is 1. The minimum absolute atomic E-state index is 0.0561. The molecule has 0 saturated carbocycles. The summed E-state index contributed by atoms with van der Waals surface area (Å²) in [6.07, 6.45) is 0. The Kier molecular flexibility index (Phi) is 6.47. The van der Waals surface area contributed by atoms with Crippen molar-refractivity contribution in [1.82, 2.24) is 5.32 Å². The number of rotatable bonds is 6. The molecule has 3 aromatic rings. The second-order valence-corrected chi connectivity index (χ2v) is 8.89. The molecule has 0 saturated heterocycles. The maximum absolute atomic E-state index is 12.7. The van der Waals surface area contributed by atoms with Crippen LogP contribution in [0.2, 0.25) is 10.0 Å². The second kappa shape index (κ2) is 8.86. The van der Waals surface area contributed by atoms with Crippen LogP contribution in [0.5, 0.6) is 0 Å². The Morgan fingerprint density at radius 1 is 0.931 bits per heavy atom. The number of anilines is 1. The summed E-state index contributed by atoms with van der Waals surface area (Å²) < 4.78 is 27.6. The molecule has 0 heterocycles. The molecular weight excluding hydrogens is 431 g/mol. The minimum atomic E-state index is -3.83. The van der Waals surface area contributed by atoms with Crippen LogP contribution in [0.25, 0.3) is 0 Å². The van der Waals surface area contributed by atoms with Gasteiger partial charge in [-0.1, -0.05) is 53.5 Å². The molecule has 3 rings (SSSR count). The lowest BCUT2D eigenvalue weighted by Crippen LogP contribution is -2.27. The molecule has 1 amide bonds. The van der Waals surface area contributed by atoms with Gasteiger partial charge in [0.05, 0.1) is 21.5 Å². The van der Waals surface area contributed by atoms with E-state index in [1.807, 2.05) is 37.3 Å². The average Bonchev–Trinajstić information content (AvgIpc) is 2.70. The van der Waals surface area contributed by atoms with Crippen molar-refractivity contribution in [3.8, 4) is 0 Å². The highest BCUT2D eigenvalue weighted by atomic mass is 35.5. The molecule has 0 aromatic heterocycles. The van der Waals surface area contributed by atoms with Gasteiger partial charge in [0.25, 0.3) is 15.9 Å². The van der Waals surface area contributed by atoms with Crippen molar-refractivity contribution in [3.05, 3.63) is 94.0 Å². The third-order valence-electron chi connectivity index (χ3n) is 4.23. The highest BCUT2D eigenvalue weighted by Crippen LogP contribution is 2.24. The van der Waals surface area contributed by atoms with Crippen LogP contribution in [-0.4, -0.2) is 14.3 Å². The summed E-state index contributed by atoms with van der Waals surface area (Å²) in [5.74, 6) is -0.404. The van der Waals surface area contributed by atoms with Gasteiger partial charge >= 0.3 is 0 Å². The number of carbonyl (C=O) groups excluding carboxylic acids is 1. The van der Waals surface area contributed by atoms with Crippen molar-refractivity contribution < 1.29 is 13.2 Å². The first kappa shape index (κ1) is 21.2. The van der Waals surface area contributed by atoms with Crippen molar-refractivity contribution in [2.24, 2.45) is 0 Å². The number of halogens is 2. The lowest BCUT2D eigenvalue weighted by Gasteiger charge is -2.16. The molecule has 8 heteroatoms. The van der Waals surface area contributed by atoms with E-state index in [4.69, 9.17) is 23.2 Å². The Balaban J connectivity index is 1.80. The molecule has 2 N–H and O–H groups in total. The van der Waals surface area contributed by atoms with Gasteiger partial charge in [-0.15, -0.1) is 0 Å². The fourth-order valence-corrected chi connectivity index (χ4v) is 4.07. The Morgan fingerprint density at radius 3 is 2.24 bits per heavy atom. The van der Waals surface area contributed by atoms with E-state index in [-0.39, 0.29) is 27.2 Å². The van der Waals surface area contributed by atoms with Crippen molar-refractivity contribution in [2.75, 3.05) is 4.72 Å². The number of carbonyl (C=O) groups is 1. The highest BCUT2D eigenvalue weighted by molar-refractivity contribution is 7.92. The minimum Gasteiger partial charge on any atom is -0.345 e. The Labute approximate surface area is 179 Å². The lowest BCUT2D eigenvalue weighted by molar-refractivity contribution is 0.0940. The van der Waals surface area contributed by atoms with Crippen molar-refractivity contribution in [2.45, 2.75) is 17.9 Å². The van der Waals surface area contributed by atoms with Crippen LogP contribution >= 0.6 is 23.2 Å². The number of hydrogen-bond donors (Lipinski definition) is 2. The summed E-state index contributed by atoms with van der Waals surface area (Å²) in [6.45, 7) is 1.86. The summed E-state index contributed by atoms with van der Waals surface area (Å²) in [7, 11) is -3.83. The monoisotopic (exact) mass is 448 g/mol. The third-order valence-corrected chi connectivity index (χ3v) is 6.21. The largest absolute Gasteiger partial charge is 0.345 e. The zero-order valence-electron chi connectivity index (χ0n) is 15.4. The smallest absolute Gasteiger partial charge is 0.261 e. The molecule has 29 heavy (non-hydrogen) atoms. The van der Waals surface area contributed by atoms with E-state index in [2.05, 4.69) is 10.0 Å². The standard InChI is InChI=1S/C21H18Cl2N2O3S/c1-14(15-5-3-2-4-6-15)24-21(26)19-13-17(9-12-20(19)23)25-29(27,28)18-10-7-16(22)8-11-18/h2-14,25H,1H3,(H,24,26)/t14-/m1/s1. The molecule has 0 fully saturated rings.